The van der Waals surface area contributed by atoms with Gasteiger partial charge < -0.3 is 20.3 Å². The van der Waals surface area contributed by atoms with Crippen LogP contribution in [0.3, 0.4) is 0 Å². The molecule has 0 amide bonds. The summed E-state index contributed by atoms with van der Waals surface area (Å²) in [7, 11) is 2.82. The van der Waals surface area contributed by atoms with Crippen molar-refractivity contribution >= 4 is 12.4 Å². The van der Waals surface area contributed by atoms with Gasteiger partial charge in [-0.2, -0.15) is 0 Å². The summed E-state index contributed by atoms with van der Waals surface area (Å²) in [5.41, 5.74) is 5.55. The molecule has 0 saturated carbocycles. The van der Waals surface area contributed by atoms with Crippen molar-refractivity contribution < 1.29 is 23.4 Å². The molecule has 104 valence electrons. The number of aliphatic hydroxyl groups excluding tert-OH is 1. The van der Waals surface area contributed by atoms with E-state index in [4.69, 9.17) is 20.3 Å². The Labute approximate surface area is 110 Å². The van der Waals surface area contributed by atoms with Gasteiger partial charge in [-0.15, -0.1) is 12.4 Å². The largest absolute Gasteiger partial charge is 0.497 e. The maximum atomic E-state index is 13.2. The van der Waals surface area contributed by atoms with Crippen molar-refractivity contribution in [3.8, 4) is 11.5 Å². The molecular weight excluding hydrogens is 268 g/mol. The SMILES string of the molecule is COc1cc(OC)cc([C@@H](N)C(F)(F)CO)c1.Cl. The number of hydrogen-bond acceptors (Lipinski definition) is 4. The van der Waals surface area contributed by atoms with E-state index in [-0.39, 0.29) is 18.0 Å². The summed E-state index contributed by atoms with van der Waals surface area (Å²) in [5, 5.41) is 8.59. The molecule has 0 aromatic heterocycles. The number of rotatable bonds is 5. The second-order valence-electron chi connectivity index (χ2n) is 3.54. The lowest BCUT2D eigenvalue weighted by molar-refractivity contribution is -0.0712. The minimum atomic E-state index is -3.39. The molecule has 7 heteroatoms. The number of nitrogens with two attached hydrogens (primary N) is 1. The molecule has 0 fully saturated rings. The normalized spacial score (nSPS) is 12.6. The molecule has 0 aliphatic heterocycles. The van der Waals surface area contributed by atoms with Crippen LogP contribution in [0.2, 0.25) is 0 Å². The van der Waals surface area contributed by atoms with Crippen molar-refractivity contribution in [3.63, 3.8) is 0 Å². The van der Waals surface area contributed by atoms with Gasteiger partial charge in [0, 0.05) is 6.07 Å². The third-order valence-electron chi connectivity index (χ3n) is 2.40. The van der Waals surface area contributed by atoms with E-state index in [0.29, 0.717) is 11.5 Å². The predicted octanol–water partition coefficient (Wildman–Crippen LogP) is 1.75. The van der Waals surface area contributed by atoms with E-state index in [1.165, 1.54) is 26.4 Å². The molecule has 0 aliphatic rings. The van der Waals surface area contributed by atoms with Crippen LogP contribution >= 0.6 is 12.4 Å². The van der Waals surface area contributed by atoms with Crippen LogP contribution in [-0.4, -0.2) is 31.9 Å². The lowest BCUT2D eigenvalue weighted by Gasteiger charge is -2.22. The summed E-state index contributed by atoms with van der Waals surface area (Å²) >= 11 is 0. The Morgan fingerprint density at radius 2 is 1.67 bits per heavy atom. The standard InChI is InChI=1S/C11H15F2NO3.ClH/c1-16-8-3-7(4-9(5-8)17-2)10(14)11(12,13)6-15;/h3-5,10,15H,6,14H2,1-2H3;1H/t10-;/m1./s1. The van der Waals surface area contributed by atoms with Crippen LogP contribution in [0.4, 0.5) is 8.78 Å². The van der Waals surface area contributed by atoms with Crippen LogP contribution in [0, 0.1) is 0 Å². The van der Waals surface area contributed by atoms with Crippen molar-refractivity contribution in [2.24, 2.45) is 5.73 Å². The molecule has 1 aromatic rings. The molecule has 1 rings (SSSR count). The number of alkyl halides is 2. The van der Waals surface area contributed by atoms with E-state index >= 15 is 0 Å². The van der Waals surface area contributed by atoms with Crippen LogP contribution in [0.5, 0.6) is 11.5 Å². The topological polar surface area (TPSA) is 64.7 Å². The highest BCUT2D eigenvalue weighted by Crippen LogP contribution is 2.33. The summed E-state index contributed by atoms with van der Waals surface area (Å²) in [6, 6.07) is 2.71. The highest BCUT2D eigenvalue weighted by Gasteiger charge is 2.37. The van der Waals surface area contributed by atoms with Crippen molar-refractivity contribution in [1.82, 2.24) is 0 Å². The molecule has 18 heavy (non-hydrogen) atoms. The summed E-state index contributed by atoms with van der Waals surface area (Å²) in [6.07, 6.45) is 0. The fourth-order valence-corrected chi connectivity index (χ4v) is 1.35. The minimum absolute atomic E-state index is 0. The second-order valence-corrected chi connectivity index (χ2v) is 3.54. The first kappa shape index (κ1) is 16.9. The van der Waals surface area contributed by atoms with Gasteiger partial charge >= 0.3 is 0 Å². The summed E-state index contributed by atoms with van der Waals surface area (Å²) in [4.78, 5) is 0. The van der Waals surface area contributed by atoms with Crippen LogP contribution in [0.15, 0.2) is 18.2 Å². The Morgan fingerprint density at radius 1 is 1.22 bits per heavy atom. The molecule has 0 spiro atoms. The van der Waals surface area contributed by atoms with E-state index in [1.54, 1.807) is 6.07 Å². The Balaban J connectivity index is 0.00000289. The first-order valence-electron chi connectivity index (χ1n) is 4.92. The van der Waals surface area contributed by atoms with Crippen LogP contribution in [-0.2, 0) is 0 Å². The Hall–Kier alpha value is -1.11. The van der Waals surface area contributed by atoms with Gasteiger partial charge in [-0.1, -0.05) is 0 Å². The molecule has 0 saturated heterocycles. The van der Waals surface area contributed by atoms with Gasteiger partial charge in [-0.25, -0.2) is 8.78 Å². The first-order chi connectivity index (χ1) is 7.94. The molecule has 3 N–H and O–H groups in total. The van der Waals surface area contributed by atoms with Crippen molar-refractivity contribution in [1.29, 1.82) is 0 Å². The molecule has 0 unspecified atom stereocenters. The van der Waals surface area contributed by atoms with Crippen molar-refractivity contribution in [2.75, 3.05) is 20.8 Å². The molecule has 1 atom stereocenters. The quantitative estimate of drug-likeness (QED) is 0.864. The van der Waals surface area contributed by atoms with Gasteiger partial charge in [0.1, 0.15) is 18.1 Å². The minimum Gasteiger partial charge on any atom is -0.497 e. The Bertz CT molecular complexity index is 368. The van der Waals surface area contributed by atoms with Gasteiger partial charge in [0.2, 0.25) is 0 Å². The zero-order valence-electron chi connectivity index (χ0n) is 10.0. The van der Waals surface area contributed by atoms with Gasteiger partial charge in [0.05, 0.1) is 20.3 Å². The maximum absolute atomic E-state index is 13.2. The van der Waals surface area contributed by atoms with Gasteiger partial charge in [0.25, 0.3) is 5.92 Å². The van der Waals surface area contributed by atoms with Crippen molar-refractivity contribution in [2.45, 2.75) is 12.0 Å². The van der Waals surface area contributed by atoms with Gasteiger partial charge in [-0.05, 0) is 17.7 Å². The summed E-state index contributed by atoms with van der Waals surface area (Å²) < 4.78 is 36.4. The third kappa shape index (κ3) is 3.69. The lowest BCUT2D eigenvalue weighted by atomic mass is 10.0. The Kier molecular flexibility index (Phi) is 6.31. The third-order valence-corrected chi connectivity index (χ3v) is 2.40. The van der Waals surface area contributed by atoms with E-state index < -0.39 is 18.6 Å². The van der Waals surface area contributed by atoms with Gasteiger partial charge in [0.15, 0.2) is 0 Å². The van der Waals surface area contributed by atoms with E-state index in [0.717, 1.165) is 0 Å². The van der Waals surface area contributed by atoms with Crippen LogP contribution in [0.25, 0.3) is 0 Å². The number of methoxy groups -OCH3 is 2. The molecule has 0 bridgehead atoms. The van der Waals surface area contributed by atoms with Crippen molar-refractivity contribution in [3.05, 3.63) is 23.8 Å². The highest BCUT2D eigenvalue weighted by atomic mass is 35.5. The number of hydrogen-bond donors (Lipinski definition) is 2. The zero-order valence-corrected chi connectivity index (χ0v) is 10.8. The van der Waals surface area contributed by atoms with E-state index in [9.17, 15) is 8.78 Å². The van der Waals surface area contributed by atoms with Crippen LogP contribution < -0.4 is 15.2 Å². The molecule has 0 heterocycles. The number of aliphatic hydroxyl groups is 1. The molecule has 4 nitrogen and oxygen atoms in total. The fraction of sp³-hybridized carbons (Fsp3) is 0.455. The predicted molar refractivity (Wildman–Crippen MR) is 65.8 cm³/mol. The van der Waals surface area contributed by atoms with E-state index in [2.05, 4.69) is 0 Å². The smallest absolute Gasteiger partial charge is 0.289 e. The average Bonchev–Trinajstić information content (AvgIpc) is 2.36. The summed E-state index contributed by atoms with van der Waals surface area (Å²) in [6.45, 7) is -1.31. The number of ether oxygens (including phenoxy) is 2. The Morgan fingerprint density at radius 3 is 2.00 bits per heavy atom. The number of benzene rings is 1. The molecule has 0 radical (unpaired) electrons. The molecule has 1 aromatic carbocycles. The maximum Gasteiger partial charge on any atom is 0.289 e. The average molecular weight is 284 g/mol. The highest BCUT2D eigenvalue weighted by molar-refractivity contribution is 5.85. The monoisotopic (exact) mass is 283 g/mol. The first-order valence-corrected chi connectivity index (χ1v) is 4.92. The molecular formula is C11H16ClF2NO3. The molecule has 0 aliphatic carbocycles. The zero-order chi connectivity index (χ0) is 13.1. The fourth-order valence-electron chi connectivity index (χ4n) is 1.35. The van der Waals surface area contributed by atoms with E-state index in [1.807, 2.05) is 0 Å². The lowest BCUT2D eigenvalue weighted by Crippen LogP contribution is -2.36. The summed E-state index contributed by atoms with van der Waals surface area (Å²) in [5.74, 6) is -2.66. The van der Waals surface area contributed by atoms with Crippen LogP contribution in [0.1, 0.15) is 11.6 Å². The second kappa shape index (κ2) is 6.72. The van der Waals surface area contributed by atoms with Gasteiger partial charge in [-0.3, -0.25) is 0 Å². The number of halogens is 3.